The molecule has 0 unspecified atom stereocenters. The van der Waals surface area contributed by atoms with Gasteiger partial charge in [-0.1, -0.05) is 25.1 Å². The van der Waals surface area contributed by atoms with Crippen LogP contribution >= 0.6 is 0 Å². The predicted molar refractivity (Wildman–Crippen MR) is 109 cm³/mol. The number of aliphatic hydroxyl groups is 1. The van der Waals surface area contributed by atoms with E-state index in [1.54, 1.807) is 29.2 Å². The van der Waals surface area contributed by atoms with Gasteiger partial charge < -0.3 is 19.6 Å². The molecule has 6 nitrogen and oxygen atoms in total. The Labute approximate surface area is 170 Å². The van der Waals surface area contributed by atoms with Crippen LogP contribution in [-0.4, -0.2) is 71.7 Å². The largest absolute Gasteiger partial charge is 0.472 e. The number of aliphatic hydroxyl groups excluding tert-OH is 1. The lowest BCUT2D eigenvalue weighted by molar-refractivity contribution is 0.0348. The lowest BCUT2D eigenvalue weighted by atomic mass is 9.99. The van der Waals surface area contributed by atoms with Crippen LogP contribution in [0.4, 0.5) is 4.39 Å². The summed E-state index contributed by atoms with van der Waals surface area (Å²) >= 11 is 0. The summed E-state index contributed by atoms with van der Waals surface area (Å²) < 4.78 is 20.4. The molecule has 0 radical (unpaired) electrons. The monoisotopic (exact) mass is 401 g/mol. The maximum atomic E-state index is 14.3. The van der Waals surface area contributed by atoms with Gasteiger partial charge in [0.1, 0.15) is 17.5 Å². The van der Waals surface area contributed by atoms with Gasteiger partial charge in [-0.3, -0.25) is 4.79 Å². The summed E-state index contributed by atoms with van der Waals surface area (Å²) in [7, 11) is 3.92. The Bertz CT molecular complexity index is 874. The van der Waals surface area contributed by atoms with Crippen LogP contribution in [0.1, 0.15) is 24.2 Å². The highest BCUT2D eigenvalue weighted by atomic mass is 19.1. The molecule has 0 aliphatic carbocycles. The normalized spacial score (nSPS) is 20.7. The summed E-state index contributed by atoms with van der Waals surface area (Å²) in [4.78, 5) is 21.4. The number of amides is 1. The number of rotatable bonds is 5. The third kappa shape index (κ3) is 4.57. The highest BCUT2D eigenvalue weighted by Gasteiger charge is 2.34. The maximum absolute atomic E-state index is 14.3. The van der Waals surface area contributed by atoms with Crippen molar-refractivity contribution in [3.63, 3.8) is 0 Å². The molecule has 7 heteroatoms. The molecule has 0 bridgehead atoms. The van der Waals surface area contributed by atoms with Gasteiger partial charge in [0.25, 0.3) is 5.91 Å². The number of hydrogen-bond donors (Lipinski definition) is 1. The van der Waals surface area contributed by atoms with Crippen LogP contribution < -0.4 is 4.74 Å². The molecule has 1 N–H and O–H groups in total. The fourth-order valence-corrected chi connectivity index (χ4v) is 3.52. The van der Waals surface area contributed by atoms with Gasteiger partial charge in [0.15, 0.2) is 0 Å². The zero-order valence-electron chi connectivity index (χ0n) is 17.3. The van der Waals surface area contributed by atoms with Crippen molar-refractivity contribution in [1.29, 1.82) is 0 Å². The number of carbonyl (C=O) groups is 1. The molecule has 3 rings (SSSR count). The second-order valence-electron chi connectivity index (χ2n) is 7.94. The van der Waals surface area contributed by atoms with E-state index in [9.17, 15) is 14.3 Å². The second kappa shape index (κ2) is 8.88. The quantitative estimate of drug-likeness (QED) is 0.835. The Morgan fingerprint density at radius 2 is 2.07 bits per heavy atom. The van der Waals surface area contributed by atoms with Crippen LogP contribution in [0, 0.1) is 11.7 Å². The molecule has 0 saturated heterocycles. The number of aromatic nitrogens is 1. The highest BCUT2D eigenvalue weighted by molar-refractivity contribution is 5.98. The molecular formula is C22H28FN3O3. The van der Waals surface area contributed by atoms with Crippen LogP contribution in [0.2, 0.25) is 0 Å². The first-order valence-electron chi connectivity index (χ1n) is 9.80. The van der Waals surface area contributed by atoms with Crippen molar-refractivity contribution in [1.82, 2.24) is 14.8 Å². The SMILES string of the molecule is C[C@H](CO)N1C[C@H](C)[C@@H](CN(C)C)Oc2ncc(-c3ccccc3F)cc2C1=O. The molecule has 0 spiro atoms. The first-order valence-corrected chi connectivity index (χ1v) is 9.80. The Morgan fingerprint density at radius 1 is 1.34 bits per heavy atom. The number of hydrogen-bond acceptors (Lipinski definition) is 5. The van der Waals surface area contributed by atoms with Crippen LogP contribution in [0.5, 0.6) is 5.88 Å². The Morgan fingerprint density at radius 3 is 2.72 bits per heavy atom. The number of likely N-dealkylation sites (N-methyl/N-ethyl adjacent to an activating group) is 1. The van der Waals surface area contributed by atoms with Gasteiger partial charge in [-0.05, 0) is 33.2 Å². The molecular weight excluding hydrogens is 373 g/mol. The molecule has 0 saturated carbocycles. The van der Waals surface area contributed by atoms with Crippen molar-refractivity contribution < 1.29 is 19.0 Å². The smallest absolute Gasteiger partial charge is 0.259 e. The number of halogens is 1. The molecule has 156 valence electrons. The highest BCUT2D eigenvalue weighted by Crippen LogP contribution is 2.31. The van der Waals surface area contributed by atoms with E-state index in [4.69, 9.17) is 4.74 Å². The van der Waals surface area contributed by atoms with Gasteiger partial charge in [-0.2, -0.15) is 0 Å². The van der Waals surface area contributed by atoms with E-state index in [-0.39, 0.29) is 47.8 Å². The number of fused-ring (bicyclic) bond motifs is 1. The number of carbonyl (C=O) groups excluding carboxylic acids is 1. The van der Waals surface area contributed by atoms with Crippen LogP contribution in [0.15, 0.2) is 36.5 Å². The van der Waals surface area contributed by atoms with Crippen molar-refractivity contribution in [2.75, 3.05) is 33.8 Å². The van der Waals surface area contributed by atoms with Gasteiger partial charge in [-0.15, -0.1) is 0 Å². The van der Waals surface area contributed by atoms with Gasteiger partial charge in [-0.25, -0.2) is 9.37 Å². The third-order valence-corrected chi connectivity index (χ3v) is 5.25. The maximum Gasteiger partial charge on any atom is 0.259 e. The Kier molecular flexibility index (Phi) is 6.49. The van der Waals surface area contributed by atoms with E-state index >= 15 is 0 Å². The Balaban J connectivity index is 2.09. The minimum atomic E-state index is -0.381. The van der Waals surface area contributed by atoms with Crippen molar-refractivity contribution in [2.24, 2.45) is 5.92 Å². The molecule has 2 aromatic rings. The summed E-state index contributed by atoms with van der Waals surface area (Å²) in [5, 5.41) is 9.68. The first-order chi connectivity index (χ1) is 13.8. The summed E-state index contributed by atoms with van der Waals surface area (Å²) in [5.41, 5.74) is 1.16. The number of pyridine rings is 1. The van der Waals surface area contributed by atoms with E-state index in [0.29, 0.717) is 24.2 Å². The van der Waals surface area contributed by atoms with Crippen molar-refractivity contribution in [3.05, 3.63) is 47.9 Å². The van der Waals surface area contributed by atoms with Gasteiger partial charge in [0, 0.05) is 36.3 Å². The van der Waals surface area contributed by atoms with Crippen molar-refractivity contribution >= 4 is 5.91 Å². The number of benzene rings is 1. The van der Waals surface area contributed by atoms with E-state index in [0.717, 1.165) is 0 Å². The number of nitrogens with zero attached hydrogens (tertiary/aromatic N) is 3. The summed E-state index contributed by atoms with van der Waals surface area (Å²) in [6.07, 6.45) is 1.35. The second-order valence-corrected chi connectivity index (χ2v) is 7.94. The number of ether oxygens (including phenoxy) is 1. The van der Waals surface area contributed by atoms with Crippen molar-refractivity contribution in [2.45, 2.75) is 26.0 Å². The summed E-state index contributed by atoms with van der Waals surface area (Å²) in [6, 6.07) is 7.65. The minimum Gasteiger partial charge on any atom is -0.472 e. The molecule has 1 aliphatic rings. The molecule has 1 aliphatic heterocycles. The predicted octanol–water partition coefficient (Wildman–Crippen LogP) is 2.67. The molecule has 0 fully saturated rings. The standard InChI is InChI=1S/C22H28FN3O3/c1-14-11-26(15(2)13-27)22(28)18-9-16(17-7-5-6-8-19(17)23)10-24-21(18)29-20(14)12-25(3)4/h5-10,14-15,20,27H,11-13H2,1-4H3/t14-,15+,20+/m0/s1. The molecule has 1 aromatic carbocycles. The van der Waals surface area contributed by atoms with Crippen LogP contribution in [0.3, 0.4) is 0 Å². The minimum absolute atomic E-state index is 0.0385. The third-order valence-electron chi connectivity index (χ3n) is 5.25. The fourth-order valence-electron chi connectivity index (χ4n) is 3.52. The van der Waals surface area contributed by atoms with Crippen LogP contribution in [0.25, 0.3) is 11.1 Å². The van der Waals surface area contributed by atoms with Gasteiger partial charge in [0.2, 0.25) is 5.88 Å². The molecule has 1 amide bonds. The van der Waals surface area contributed by atoms with Gasteiger partial charge in [0.05, 0.1) is 12.6 Å². The van der Waals surface area contributed by atoms with Crippen LogP contribution in [-0.2, 0) is 0 Å². The lowest BCUT2D eigenvalue weighted by Crippen LogP contribution is -2.49. The van der Waals surface area contributed by atoms with Gasteiger partial charge >= 0.3 is 0 Å². The summed E-state index contributed by atoms with van der Waals surface area (Å²) in [6.45, 7) is 4.79. The topological polar surface area (TPSA) is 65.9 Å². The molecule has 29 heavy (non-hydrogen) atoms. The van der Waals surface area contributed by atoms with E-state index in [2.05, 4.69) is 4.98 Å². The average molecular weight is 401 g/mol. The first kappa shape index (κ1) is 21.2. The average Bonchev–Trinajstić information content (AvgIpc) is 2.70. The van der Waals surface area contributed by atoms with E-state index < -0.39 is 0 Å². The fraction of sp³-hybridized carbons (Fsp3) is 0.455. The zero-order chi connectivity index (χ0) is 21.1. The molecule has 1 aromatic heterocycles. The molecule has 3 atom stereocenters. The Hall–Kier alpha value is -2.51. The lowest BCUT2D eigenvalue weighted by Gasteiger charge is -2.37. The summed E-state index contributed by atoms with van der Waals surface area (Å²) in [5.74, 6) is -0.379. The molecule has 2 heterocycles. The van der Waals surface area contributed by atoms with E-state index in [1.807, 2.05) is 32.8 Å². The van der Waals surface area contributed by atoms with E-state index in [1.165, 1.54) is 12.3 Å². The van der Waals surface area contributed by atoms with Crippen molar-refractivity contribution in [3.8, 4) is 17.0 Å². The zero-order valence-corrected chi connectivity index (χ0v) is 17.3.